The van der Waals surface area contributed by atoms with Crippen molar-refractivity contribution >= 4 is 17.2 Å². The van der Waals surface area contributed by atoms with Crippen molar-refractivity contribution in [2.24, 2.45) is 0 Å². The van der Waals surface area contributed by atoms with Crippen molar-refractivity contribution in [3.8, 4) is 0 Å². The number of aromatic nitrogens is 1. The number of nitrogens with one attached hydrogen (secondary N) is 1. The van der Waals surface area contributed by atoms with Gasteiger partial charge in [-0.2, -0.15) is 0 Å². The van der Waals surface area contributed by atoms with Crippen LogP contribution >= 0.6 is 11.3 Å². The van der Waals surface area contributed by atoms with Crippen LogP contribution in [-0.2, 0) is 17.8 Å². The van der Waals surface area contributed by atoms with Crippen molar-refractivity contribution in [3.63, 3.8) is 0 Å². The van der Waals surface area contributed by atoms with Crippen molar-refractivity contribution in [1.82, 2.24) is 9.88 Å². The second-order valence-electron chi connectivity index (χ2n) is 6.02. The summed E-state index contributed by atoms with van der Waals surface area (Å²) in [5, 5.41) is 13.0. The lowest BCUT2D eigenvalue weighted by atomic mass is 10.0. The molecule has 2 rings (SSSR count). The van der Waals surface area contributed by atoms with Gasteiger partial charge in [-0.1, -0.05) is 41.7 Å². The minimum atomic E-state index is -0.649. The van der Waals surface area contributed by atoms with E-state index in [4.69, 9.17) is 0 Å². The monoisotopic (exact) mass is 348 g/mol. The Labute approximate surface area is 146 Å². The molecule has 0 aliphatic carbocycles. The van der Waals surface area contributed by atoms with Gasteiger partial charge in [0.25, 0.3) is 0 Å². The molecule has 0 saturated heterocycles. The molecule has 0 saturated carbocycles. The highest BCUT2D eigenvalue weighted by atomic mass is 32.1. The van der Waals surface area contributed by atoms with E-state index in [1.54, 1.807) is 11.5 Å². The Bertz CT molecular complexity index is 736. The van der Waals surface area contributed by atoms with Gasteiger partial charge in [0, 0.05) is 30.0 Å². The van der Waals surface area contributed by atoms with Crippen LogP contribution in [0.4, 0.5) is 0 Å². The largest absolute Gasteiger partial charge is 0.391 e. The molecular formula is C18H24N2O3S. The second kappa shape index (κ2) is 8.26. The van der Waals surface area contributed by atoms with E-state index in [0.717, 1.165) is 16.1 Å². The molecule has 0 fully saturated rings. The van der Waals surface area contributed by atoms with Gasteiger partial charge in [-0.3, -0.25) is 9.59 Å². The normalized spacial score (nSPS) is 13.5. The molecule has 130 valence electrons. The summed E-state index contributed by atoms with van der Waals surface area (Å²) in [5.74, 6) is -0.162. The molecule has 24 heavy (non-hydrogen) atoms. The van der Waals surface area contributed by atoms with Gasteiger partial charge in [0.05, 0.1) is 12.1 Å². The van der Waals surface area contributed by atoms with Crippen LogP contribution in [0, 0.1) is 13.8 Å². The predicted octanol–water partition coefficient (Wildman–Crippen LogP) is 2.03. The molecule has 1 aromatic heterocycles. The summed E-state index contributed by atoms with van der Waals surface area (Å²) in [7, 11) is 0. The van der Waals surface area contributed by atoms with Gasteiger partial charge in [0.1, 0.15) is 0 Å². The second-order valence-corrected chi connectivity index (χ2v) is 7.19. The molecule has 2 N–H and O–H groups in total. The number of amides is 1. The first-order chi connectivity index (χ1) is 11.4. The van der Waals surface area contributed by atoms with Gasteiger partial charge < -0.3 is 15.0 Å². The first-order valence-electron chi connectivity index (χ1n) is 8.06. The fraction of sp³-hybridized carbons (Fsp3) is 0.444. The van der Waals surface area contributed by atoms with Crippen molar-refractivity contribution in [2.45, 2.75) is 52.3 Å². The highest BCUT2D eigenvalue weighted by molar-refractivity contribution is 7.09. The highest BCUT2D eigenvalue weighted by Gasteiger charge is 2.17. The molecule has 0 aliphatic rings. The van der Waals surface area contributed by atoms with Gasteiger partial charge in [-0.25, -0.2) is 0 Å². The maximum Gasteiger partial charge on any atom is 0.307 e. The molecule has 6 heteroatoms. The van der Waals surface area contributed by atoms with E-state index < -0.39 is 6.10 Å². The summed E-state index contributed by atoms with van der Waals surface area (Å²) in [6.45, 7) is 5.94. The quantitative estimate of drug-likeness (QED) is 0.804. The molecule has 1 aromatic carbocycles. The van der Waals surface area contributed by atoms with Crippen LogP contribution in [0.15, 0.2) is 35.1 Å². The van der Waals surface area contributed by atoms with Gasteiger partial charge in [-0.15, -0.1) is 0 Å². The first-order valence-corrected chi connectivity index (χ1v) is 8.88. The maximum absolute atomic E-state index is 12.1. The van der Waals surface area contributed by atoms with Crippen LogP contribution in [0.3, 0.4) is 0 Å². The molecule has 2 aromatic rings. The standard InChI is InChI=1S/C18H24N2O3S/c1-12(16(21)11-15-7-5-4-6-8-15)19-17(22)9-10-20-13(2)14(3)24-18(20)23/h4-8,12,16,21H,9-11H2,1-3H3,(H,19,22). The first kappa shape index (κ1) is 18.4. The molecular weight excluding hydrogens is 324 g/mol. The number of aliphatic hydroxyl groups excluding tert-OH is 1. The van der Waals surface area contributed by atoms with Crippen molar-refractivity contribution in [2.75, 3.05) is 0 Å². The third-order valence-corrected chi connectivity index (χ3v) is 5.19. The van der Waals surface area contributed by atoms with Crippen LogP contribution in [0.1, 0.15) is 29.5 Å². The third-order valence-electron chi connectivity index (χ3n) is 4.19. The summed E-state index contributed by atoms with van der Waals surface area (Å²) >= 11 is 1.20. The summed E-state index contributed by atoms with van der Waals surface area (Å²) < 4.78 is 1.63. The van der Waals surface area contributed by atoms with Crippen molar-refractivity contribution in [3.05, 3.63) is 56.1 Å². The van der Waals surface area contributed by atoms with Crippen LogP contribution in [0.5, 0.6) is 0 Å². The number of hydrogen-bond donors (Lipinski definition) is 2. The molecule has 0 bridgehead atoms. The summed E-state index contributed by atoms with van der Waals surface area (Å²) in [4.78, 5) is 24.8. The Morgan fingerprint density at radius 3 is 2.54 bits per heavy atom. The Morgan fingerprint density at radius 2 is 1.96 bits per heavy atom. The third kappa shape index (κ3) is 4.79. The summed E-state index contributed by atoms with van der Waals surface area (Å²) in [6, 6.07) is 9.33. The van der Waals surface area contributed by atoms with E-state index in [-0.39, 0.29) is 23.2 Å². The van der Waals surface area contributed by atoms with E-state index in [0.29, 0.717) is 13.0 Å². The molecule has 1 heterocycles. The van der Waals surface area contributed by atoms with Gasteiger partial charge in [-0.05, 0) is 26.3 Å². The molecule has 0 spiro atoms. The lowest BCUT2D eigenvalue weighted by molar-refractivity contribution is -0.122. The Kier molecular flexibility index (Phi) is 6.34. The lowest BCUT2D eigenvalue weighted by Gasteiger charge is -2.20. The number of thiazole rings is 1. The van der Waals surface area contributed by atoms with Crippen molar-refractivity contribution in [1.29, 1.82) is 0 Å². The molecule has 0 aliphatic heterocycles. The smallest absolute Gasteiger partial charge is 0.307 e. The number of aliphatic hydroxyl groups is 1. The molecule has 0 radical (unpaired) electrons. The number of aryl methyl sites for hydroxylation is 1. The number of carbonyl (C=O) groups is 1. The number of benzene rings is 1. The zero-order chi connectivity index (χ0) is 17.7. The van der Waals surface area contributed by atoms with Crippen molar-refractivity contribution < 1.29 is 9.90 Å². The maximum atomic E-state index is 12.1. The predicted molar refractivity (Wildman–Crippen MR) is 96.4 cm³/mol. The number of rotatable bonds is 7. The minimum Gasteiger partial charge on any atom is -0.391 e. The molecule has 1 amide bonds. The number of carbonyl (C=O) groups excluding carboxylic acids is 1. The molecule has 2 unspecified atom stereocenters. The molecule has 5 nitrogen and oxygen atoms in total. The van der Waals surface area contributed by atoms with E-state index >= 15 is 0 Å². The minimum absolute atomic E-state index is 0.0324. The summed E-state index contributed by atoms with van der Waals surface area (Å²) in [5.41, 5.74) is 1.94. The van der Waals surface area contributed by atoms with Gasteiger partial charge >= 0.3 is 4.87 Å². The van der Waals surface area contributed by atoms with Gasteiger partial charge in [0.2, 0.25) is 5.91 Å². The van der Waals surface area contributed by atoms with E-state index in [9.17, 15) is 14.7 Å². The topological polar surface area (TPSA) is 71.3 Å². The average Bonchev–Trinajstić information content (AvgIpc) is 2.79. The van der Waals surface area contributed by atoms with E-state index in [1.807, 2.05) is 44.2 Å². The zero-order valence-corrected chi connectivity index (χ0v) is 15.1. The lowest BCUT2D eigenvalue weighted by Crippen LogP contribution is -2.42. The fourth-order valence-corrected chi connectivity index (χ4v) is 3.37. The van der Waals surface area contributed by atoms with Crippen LogP contribution in [0.2, 0.25) is 0 Å². The highest BCUT2D eigenvalue weighted by Crippen LogP contribution is 2.10. The van der Waals surface area contributed by atoms with E-state index in [2.05, 4.69) is 5.32 Å². The number of hydrogen-bond acceptors (Lipinski definition) is 4. The average molecular weight is 348 g/mol. The summed E-state index contributed by atoms with van der Waals surface area (Å²) in [6.07, 6.45) is 0.0633. The van der Waals surface area contributed by atoms with E-state index in [1.165, 1.54) is 11.3 Å². The van der Waals surface area contributed by atoms with Crippen LogP contribution < -0.4 is 10.2 Å². The SMILES string of the molecule is Cc1sc(=O)n(CCC(=O)NC(C)C(O)Cc2ccccc2)c1C. The van der Waals surface area contributed by atoms with Crippen LogP contribution in [-0.4, -0.2) is 27.7 Å². The Hall–Kier alpha value is -1.92. The Morgan fingerprint density at radius 1 is 1.29 bits per heavy atom. The zero-order valence-electron chi connectivity index (χ0n) is 14.3. The van der Waals surface area contributed by atoms with Gasteiger partial charge in [0.15, 0.2) is 0 Å². The van der Waals surface area contributed by atoms with Crippen LogP contribution in [0.25, 0.3) is 0 Å². The molecule has 2 atom stereocenters. The number of nitrogens with zero attached hydrogens (tertiary/aromatic N) is 1. The fourth-order valence-electron chi connectivity index (χ4n) is 2.51. The Balaban J connectivity index is 1.84.